The molecule has 2 aromatic carbocycles. The highest BCUT2D eigenvalue weighted by atomic mass is 16.2. The first-order valence-electron chi connectivity index (χ1n) is 9.37. The molecular weight excluding hydrogens is 334 g/mol. The summed E-state index contributed by atoms with van der Waals surface area (Å²) in [4.78, 5) is 12.1. The second-order valence-corrected chi connectivity index (χ2v) is 6.90. The Morgan fingerprint density at radius 3 is 2.59 bits per heavy atom. The van der Waals surface area contributed by atoms with Crippen molar-refractivity contribution in [3.63, 3.8) is 0 Å². The fraction of sp³-hybridized carbons (Fsp3) is 0.261. The highest BCUT2D eigenvalue weighted by Gasteiger charge is 2.06. The Kier molecular flexibility index (Phi) is 6.31. The third-order valence-electron chi connectivity index (χ3n) is 4.74. The molecule has 0 aliphatic heterocycles. The van der Waals surface area contributed by atoms with Crippen LogP contribution in [0.1, 0.15) is 27.9 Å². The van der Waals surface area contributed by atoms with Gasteiger partial charge in [0.1, 0.15) is 0 Å². The number of nitrogens with one attached hydrogen (secondary N) is 2. The van der Waals surface area contributed by atoms with Gasteiger partial charge in [0.15, 0.2) is 0 Å². The summed E-state index contributed by atoms with van der Waals surface area (Å²) in [5, 5.41) is 5.87. The number of amides is 2. The Morgan fingerprint density at radius 2 is 1.78 bits per heavy atom. The molecule has 0 aliphatic rings. The quantitative estimate of drug-likeness (QED) is 0.651. The van der Waals surface area contributed by atoms with Gasteiger partial charge in [-0.1, -0.05) is 54.1 Å². The van der Waals surface area contributed by atoms with E-state index in [0.29, 0.717) is 13.1 Å². The fourth-order valence-electron chi connectivity index (χ4n) is 3.12. The summed E-state index contributed by atoms with van der Waals surface area (Å²) in [5.41, 5.74) is 6.17. The van der Waals surface area contributed by atoms with Crippen LogP contribution >= 0.6 is 0 Å². The number of urea groups is 1. The monoisotopic (exact) mass is 361 g/mol. The van der Waals surface area contributed by atoms with Gasteiger partial charge in [-0.25, -0.2) is 4.79 Å². The van der Waals surface area contributed by atoms with Crippen molar-refractivity contribution < 1.29 is 4.79 Å². The molecule has 1 heterocycles. The molecule has 1 aromatic heterocycles. The van der Waals surface area contributed by atoms with Gasteiger partial charge in [0.05, 0.1) is 6.54 Å². The number of hydrogen-bond donors (Lipinski definition) is 2. The summed E-state index contributed by atoms with van der Waals surface area (Å²) in [6.45, 7) is 6.19. The number of aryl methyl sites for hydroxylation is 2. The molecule has 3 rings (SSSR count). The van der Waals surface area contributed by atoms with E-state index in [-0.39, 0.29) is 6.03 Å². The summed E-state index contributed by atoms with van der Waals surface area (Å²) in [5.74, 6) is 0. The van der Waals surface area contributed by atoms with Crippen LogP contribution in [0.5, 0.6) is 0 Å². The molecule has 4 heteroatoms. The van der Waals surface area contributed by atoms with E-state index in [1.165, 1.54) is 22.3 Å². The van der Waals surface area contributed by atoms with Gasteiger partial charge in [0, 0.05) is 25.0 Å². The number of carbonyl (C=O) groups is 1. The van der Waals surface area contributed by atoms with Crippen molar-refractivity contribution >= 4 is 6.03 Å². The van der Waals surface area contributed by atoms with Crippen molar-refractivity contribution in [3.8, 4) is 0 Å². The van der Waals surface area contributed by atoms with Crippen LogP contribution in [-0.2, 0) is 19.5 Å². The van der Waals surface area contributed by atoms with Crippen LogP contribution in [0.2, 0.25) is 0 Å². The van der Waals surface area contributed by atoms with Gasteiger partial charge >= 0.3 is 6.03 Å². The molecule has 0 bridgehead atoms. The van der Waals surface area contributed by atoms with E-state index in [1.807, 2.05) is 24.3 Å². The van der Waals surface area contributed by atoms with Gasteiger partial charge in [-0.3, -0.25) is 0 Å². The molecule has 0 radical (unpaired) electrons. The van der Waals surface area contributed by atoms with Gasteiger partial charge in [-0.05, 0) is 49.1 Å². The Hall–Kier alpha value is -3.01. The molecule has 3 aromatic rings. The number of rotatable bonds is 7. The number of hydrogen-bond acceptors (Lipinski definition) is 1. The lowest BCUT2D eigenvalue weighted by atomic mass is 10.1. The Balaban J connectivity index is 1.49. The van der Waals surface area contributed by atoms with Crippen molar-refractivity contribution in [3.05, 3.63) is 94.8 Å². The normalized spacial score (nSPS) is 10.6. The third-order valence-corrected chi connectivity index (χ3v) is 4.74. The summed E-state index contributed by atoms with van der Waals surface area (Å²) in [6.07, 6.45) is 2.89. The molecule has 27 heavy (non-hydrogen) atoms. The molecule has 2 N–H and O–H groups in total. The molecule has 140 valence electrons. The summed E-state index contributed by atoms with van der Waals surface area (Å²) >= 11 is 0. The van der Waals surface area contributed by atoms with Crippen LogP contribution in [0.15, 0.2) is 66.9 Å². The minimum Gasteiger partial charge on any atom is -0.345 e. The predicted octanol–water partition coefficient (Wildman–Crippen LogP) is 4.20. The maximum absolute atomic E-state index is 12.1. The summed E-state index contributed by atoms with van der Waals surface area (Å²) in [7, 11) is 0. The first kappa shape index (κ1) is 18.8. The average Bonchev–Trinajstić information content (AvgIpc) is 3.11. The lowest BCUT2D eigenvalue weighted by Crippen LogP contribution is -2.36. The Bertz CT molecular complexity index is 884. The topological polar surface area (TPSA) is 46.1 Å². The average molecular weight is 361 g/mol. The largest absolute Gasteiger partial charge is 0.345 e. The molecule has 0 saturated heterocycles. The summed E-state index contributed by atoms with van der Waals surface area (Å²) < 4.78 is 2.19. The van der Waals surface area contributed by atoms with Crippen molar-refractivity contribution in [2.24, 2.45) is 0 Å². The van der Waals surface area contributed by atoms with E-state index in [1.54, 1.807) is 0 Å². The highest BCUT2D eigenvalue weighted by Crippen LogP contribution is 2.14. The van der Waals surface area contributed by atoms with E-state index in [2.05, 4.69) is 71.6 Å². The van der Waals surface area contributed by atoms with E-state index >= 15 is 0 Å². The maximum Gasteiger partial charge on any atom is 0.315 e. The van der Waals surface area contributed by atoms with Crippen molar-refractivity contribution in [2.75, 3.05) is 6.54 Å². The van der Waals surface area contributed by atoms with Gasteiger partial charge in [-0.15, -0.1) is 0 Å². The molecule has 0 spiro atoms. The van der Waals surface area contributed by atoms with Gasteiger partial charge in [0.2, 0.25) is 0 Å². The first-order valence-corrected chi connectivity index (χ1v) is 9.37. The van der Waals surface area contributed by atoms with Gasteiger partial charge in [-0.2, -0.15) is 0 Å². The zero-order valence-corrected chi connectivity index (χ0v) is 16.0. The van der Waals surface area contributed by atoms with Gasteiger partial charge < -0.3 is 15.2 Å². The van der Waals surface area contributed by atoms with Crippen molar-refractivity contribution in [1.29, 1.82) is 0 Å². The molecule has 0 unspecified atom stereocenters. The molecule has 4 nitrogen and oxygen atoms in total. The SMILES string of the molecule is Cc1ccc(C)c(Cn2cccc2CNC(=O)NCCc2ccccc2)c1. The number of carbonyl (C=O) groups excluding carboxylic acids is 1. The second-order valence-electron chi connectivity index (χ2n) is 6.90. The lowest BCUT2D eigenvalue weighted by molar-refractivity contribution is 0.240. The molecule has 0 saturated carbocycles. The minimum absolute atomic E-state index is 0.134. The first-order chi connectivity index (χ1) is 13.1. The Labute approximate surface area is 161 Å². The maximum atomic E-state index is 12.1. The van der Waals surface area contributed by atoms with E-state index in [4.69, 9.17) is 0 Å². The predicted molar refractivity (Wildman–Crippen MR) is 110 cm³/mol. The van der Waals surface area contributed by atoms with E-state index < -0.39 is 0 Å². The zero-order valence-electron chi connectivity index (χ0n) is 16.0. The van der Waals surface area contributed by atoms with E-state index in [9.17, 15) is 4.79 Å². The van der Waals surface area contributed by atoms with Crippen LogP contribution in [0, 0.1) is 13.8 Å². The number of nitrogens with zero attached hydrogens (tertiary/aromatic N) is 1. The van der Waals surface area contributed by atoms with Crippen LogP contribution in [0.4, 0.5) is 4.79 Å². The molecular formula is C23H27N3O. The molecule has 0 aliphatic carbocycles. The molecule has 0 atom stereocenters. The van der Waals surface area contributed by atoms with E-state index in [0.717, 1.165) is 18.7 Å². The van der Waals surface area contributed by atoms with Crippen molar-refractivity contribution in [2.45, 2.75) is 33.4 Å². The van der Waals surface area contributed by atoms with Crippen molar-refractivity contribution in [1.82, 2.24) is 15.2 Å². The third kappa shape index (κ3) is 5.48. The minimum atomic E-state index is -0.134. The molecule has 0 fully saturated rings. The van der Waals surface area contributed by atoms with Crippen LogP contribution in [0.25, 0.3) is 0 Å². The fourth-order valence-corrected chi connectivity index (χ4v) is 3.12. The van der Waals surface area contributed by atoms with Gasteiger partial charge in [0.25, 0.3) is 0 Å². The molecule has 2 amide bonds. The lowest BCUT2D eigenvalue weighted by Gasteiger charge is -2.13. The number of aromatic nitrogens is 1. The Morgan fingerprint density at radius 1 is 0.963 bits per heavy atom. The zero-order chi connectivity index (χ0) is 19.1. The smallest absolute Gasteiger partial charge is 0.315 e. The van der Waals surface area contributed by atoms with Crippen LogP contribution < -0.4 is 10.6 Å². The number of benzene rings is 2. The van der Waals surface area contributed by atoms with Crippen LogP contribution in [-0.4, -0.2) is 17.1 Å². The highest BCUT2D eigenvalue weighted by molar-refractivity contribution is 5.73. The van der Waals surface area contributed by atoms with Crippen LogP contribution in [0.3, 0.4) is 0 Å². The summed E-state index contributed by atoms with van der Waals surface area (Å²) in [6, 6.07) is 20.6. The standard InChI is InChI=1S/C23H27N3O/c1-18-10-11-19(2)21(15-18)17-26-14-6-9-22(26)16-25-23(27)24-13-12-20-7-4-3-5-8-20/h3-11,14-15H,12-13,16-17H2,1-2H3,(H2,24,25,27). The second kappa shape index (κ2) is 9.08.